The fourth-order valence-electron chi connectivity index (χ4n) is 1.19. The number of aliphatic hydroxyl groups is 1. The Bertz CT molecular complexity index is 330. The van der Waals surface area contributed by atoms with Gasteiger partial charge in [0.1, 0.15) is 0 Å². The van der Waals surface area contributed by atoms with Crippen molar-refractivity contribution in [2.75, 3.05) is 6.54 Å². The second kappa shape index (κ2) is 6.40. The second-order valence-electron chi connectivity index (χ2n) is 3.10. The Labute approximate surface area is 94.1 Å². The fourth-order valence-corrected chi connectivity index (χ4v) is 1.19. The van der Waals surface area contributed by atoms with Gasteiger partial charge >= 0.3 is 5.97 Å². The van der Waals surface area contributed by atoms with Crippen molar-refractivity contribution in [2.45, 2.75) is 12.5 Å². The van der Waals surface area contributed by atoms with Gasteiger partial charge in [-0.15, -0.1) is 12.4 Å². The van der Waals surface area contributed by atoms with Gasteiger partial charge in [-0.1, -0.05) is 12.1 Å². The van der Waals surface area contributed by atoms with Crippen molar-refractivity contribution in [1.82, 2.24) is 0 Å². The first-order chi connectivity index (χ1) is 6.63. The van der Waals surface area contributed by atoms with E-state index in [1.165, 1.54) is 6.07 Å². The summed E-state index contributed by atoms with van der Waals surface area (Å²) < 4.78 is 0. The molecule has 0 aromatic heterocycles. The molecular formula is C10H14ClNO3. The van der Waals surface area contributed by atoms with Crippen molar-refractivity contribution >= 4 is 18.4 Å². The highest BCUT2D eigenvalue weighted by Gasteiger charge is 2.06. The zero-order chi connectivity index (χ0) is 10.6. The lowest BCUT2D eigenvalue weighted by Crippen LogP contribution is -2.22. The Hall–Kier alpha value is -1.10. The van der Waals surface area contributed by atoms with Gasteiger partial charge in [-0.05, 0) is 24.1 Å². The third-order valence-corrected chi connectivity index (χ3v) is 1.92. The van der Waals surface area contributed by atoms with Crippen molar-refractivity contribution in [3.63, 3.8) is 0 Å². The van der Waals surface area contributed by atoms with E-state index >= 15 is 0 Å². The number of rotatable bonds is 4. The summed E-state index contributed by atoms with van der Waals surface area (Å²) in [6, 6.07) is 6.48. The predicted molar refractivity (Wildman–Crippen MR) is 59.4 cm³/mol. The molecule has 5 heteroatoms. The first-order valence-corrected chi connectivity index (χ1v) is 4.34. The van der Waals surface area contributed by atoms with E-state index in [1.54, 1.807) is 18.2 Å². The number of nitrogens with two attached hydrogens (primary N) is 1. The summed E-state index contributed by atoms with van der Waals surface area (Å²) in [5, 5.41) is 18.0. The average Bonchev–Trinajstić information content (AvgIpc) is 2.18. The predicted octanol–water partition coefficient (Wildman–Crippen LogP) is 0.669. The van der Waals surface area contributed by atoms with Gasteiger partial charge in [0.05, 0.1) is 11.7 Å². The highest BCUT2D eigenvalue weighted by atomic mass is 35.5. The molecule has 0 aliphatic rings. The molecule has 0 radical (unpaired) electrons. The van der Waals surface area contributed by atoms with Gasteiger partial charge in [0.2, 0.25) is 0 Å². The van der Waals surface area contributed by atoms with Crippen LogP contribution in [0, 0.1) is 0 Å². The van der Waals surface area contributed by atoms with Crippen LogP contribution in [-0.4, -0.2) is 28.8 Å². The van der Waals surface area contributed by atoms with E-state index in [-0.39, 0.29) is 24.5 Å². The summed E-state index contributed by atoms with van der Waals surface area (Å²) in [4.78, 5) is 10.6. The highest BCUT2D eigenvalue weighted by Crippen LogP contribution is 2.07. The molecular weight excluding hydrogens is 218 g/mol. The first-order valence-electron chi connectivity index (χ1n) is 4.34. The molecule has 1 aromatic rings. The van der Waals surface area contributed by atoms with Crippen LogP contribution in [0.4, 0.5) is 0 Å². The van der Waals surface area contributed by atoms with E-state index in [0.29, 0.717) is 6.42 Å². The number of aromatic carboxylic acids is 1. The maximum absolute atomic E-state index is 10.6. The van der Waals surface area contributed by atoms with Gasteiger partial charge in [-0.25, -0.2) is 4.79 Å². The molecule has 1 atom stereocenters. The van der Waals surface area contributed by atoms with Crippen LogP contribution in [0.3, 0.4) is 0 Å². The Morgan fingerprint density at radius 2 is 2.13 bits per heavy atom. The lowest BCUT2D eigenvalue weighted by molar-refractivity contribution is 0.0696. The largest absolute Gasteiger partial charge is 0.478 e. The summed E-state index contributed by atoms with van der Waals surface area (Å²) in [6.45, 7) is 0.178. The minimum atomic E-state index is -0.964. The number of benzene rings is 1. The number of carboxylic acid groups (broad SMARTS) is 1. The van der Waals surface area contributed by atoms with Crippen LogP contribution >= 0.6 is 12.4 Å². The molecule has 0 aliphatic carbocycles. The van der Waals surface area contributed by atoms with Crippen LogP contribution in [0.1, 0.15) is 15.9 Å². The van der Waals surface area contributed by atoms with E-state index in [1.807, 2.05) is 0 Å². The number of halogens is 1. The van der Waals surface area contributed by atoms with Gasteiger partial charge in [0.15, 0.2) is 0 Å². The van der Waals surface area contributed by atoms with E-state index < -0.39 is 12.1 Å². The molecule has 1 aromatic carbocycles. The molecule has 0 saturated heterocycles. The van der Waals surface area contributed by atoms with Gasteiger partial charge in [0.25, 0.3) is 0 Å². The van der Waals surface area contributed by atoms with Gasteiger partial charge in [-0.2, -0.15) is 0 Å². The first kappa shape index (κ1) is 13.9. The van der Waals surface area contributed by atoms with Crippen LogP contribution < -0.4 is 5.73 Å². The Morgan fingerprint density at radius 1 is 1.47 bits per heavy atom. The molecule has 0 aliphatic heterocycles. The molecule has 1 unspecified atom stereocenters. The normalized spacial score (nSPS) is 11.6. The maximum atomic E-state index is 10.6. The van der Waals surface area contributed by atoms with Crippen molar-refractivity contribution in [3.05, 3.63) is 35.4 Å². The summed E-state index contributed by atoms with van der Waals surface area (Å²) in [5.41, 5.74) is 6.26. The standard InChI is InChI=1S/C10H13NO3.ClH/c11-6-9(12)5-7-2-1-3-8(4-7)10(13)14;/h1-4,9,12H,5-6,11H2,(H,13,14);1H. The smallest absolute Gasteiger partial charge is 0.335 e. The SMILES string of the molecule is Cl.NCC(O)Cc1cccc(C(=O)O)c1. The molecule has 0 bridgehead atoms. The van der Waals surface area contributed by atoms with Crippen molar-refractivity contribution in [3.8, 4) is 0 Å². The van der Waals surface area contributed by atoms with Crippen molar-refractivity contribution in [1.29, 1.82) is 0 Å². The zero-order valence-electron chi connectivity index (χ0n) is 8.09. The minimum absolute atomic E-state index is 0. The van der Waals surface area contributed by atoms with E-state index in [9.17, 15) is 9.90 Å². The lowest BCUT2D eigenvalue weighted by atomic mass is 10.1. The average molecular weight is 232 g/mol. The molecule has 0 fully saturated rings. The van der Waals surface area contributed by atoms with Crippen molar-refractivity contribution < 1.29 is 15.0 Å². The van der Waals surface area contributed by atoms with Crippen molar-refractivity contribution in [2.24, 2.45) is 5.73 Å². The molecule has 15 heavy (non-hydrogen) atoms. The van der Waals surface area contributed by atoms with Gasteiger partial charge in [-0.3, -0.25) is 0 Å². The van der Waals surface area contributed by atoms with Crippen LogP contribution in [0.5, 0.6) is 0 Å². The lowest BCUT2D eigenvalue weighted by Gasteiger charge is -2.07. The van der Waals surface area contributed by atoms with E-state index in [2.05, 4.69) is 0 Å². The third kappa shape index (κ3) is 4.29. The molecule has 84 valence electrons. The number of hydrogen-bond donors (Lipinski definition) is 3. The third-order valence-electron chi connectivity index (χ3n) is 1.92. The topological polar surface area (TPSA) is 83.5 Å². The van der Waals surface area contributed by atoms with Gasteiger partial charge in [0, 0.05) is 6.54 Å². The molecule has 0 heterocycles. The van der Waals surface area contributed by atoms with Crippen LogP contribution in [-0.2, 0) is 6.42 Å². The van der Waals surface area contributed by atoms with Crippen LogP contribution in [0.15, 0.2) is 24.3 Å². The fraction of sp³-hybridized carbons (Fsp3) is 0.300. The van der Waals surface area contributed by atoms with Crippen LogP contribution in [0.2, 0.25) is 0 Å². The summed E-state index contributed by atoms with van der Waals surface area (Å²) in [7, 11) is 0. The minimum Gasteiger partial charge on any atom is -0.478 e. The van der Waals surface area contributed by atoms with Crippen LogP contribution in [0.25, 0.3) is 0 Å². The Kier molecular flexibility index (Phi) is 5.93. The summed E-state index contributed by atoms with van der Waals surface area (Å²) in [5.74, 6) is -0.964. The Morgan fingerprint density at radius 3 is 2.67 bits per heavy atom. The number of carboxylic acids is 1. The quantitative estimate of drug-likeness (QED) is 0.711. The monoisotopic (exact) mass is 231 g/mol. The molecule has 4 N–H and O–H groups in total. The molecule has 4 nitrogen and oxygen atoms in total. The van der Waals surface area contributed by atoms with E-state index in [0.717, 1.165) is 5.56 Å². The molecule has 0 spiro atoms. The molecule has 0 amide bonds. The number of hydrogen-bond acceptors (Lipinski definition) is 3. The number of aliphatic hydroxyl groups excluding tert-OH is 1. The van der Waals surface area contributed by atoms with E-state index in [4.69, 9.17) is 10.8 Å². The highest BCUT2D eigenvalue weighted by molar-refractivity contribution is 5.87. The summed E-state index contributed by atoms with van der Waals surface area (Å²) in [6.07, 6.45) is -0.225. The second-order valence-corrected chi connectivity index (χ2v) is 3.10. The maximum Gasteiger partial charge on any atom is 0.335 e. The molecule has 0 saturated carbocycles. The van der Waals surface area contributed by atoms with Gasteiger partial charge < -0.3 is 15.9 Å². The summed E-state index contributed by atoms with van der Waals surface area (Å²) >= 11 is 0. The Balaban J connectivity index is 0.00000196. The molecule has 1 rings (SSSR count). The zero-order valence-corrected chi connectivity index (χ0v) is 8.91. The number of carbonyl (C=O) groups is 1.